The summed E-state index contributed by atoms with van der Waals surface area (Å²) in [5, 5.41) is 3.73. The molecule has 0 aromatic carbocycles. The number of hydrogen-bond donors (Lipinski definition) is 1. The summed E-state index contributed by atoms with van der Waals surface area (Å²) >= 11 is 0. The van der Waals surface area contributed by atoms with Crippen molar-refractivity contribution >= 4 is 5.91 Å². The van der Waals surface area contributed by atoms with Gasteiger partial charge in [-0.2, -0.15) is 0 Å². The van der Waals surface area contributed by atoms with Gasteiger partial charge in [-0.15, -0.1) is 0 Å². The number of carbonyl (C=O) groups excluding carboxylic acids is 1. The first-order valence-electron chi connectivity index (χ1n) is 9.20. The molecular weight excluding hydrogens is 260 g/mol. The Morgan fingerprint density at radius 3 is 2.43 bits per heavy atom. The van der Waals surface area contributed by atoms with Crippen molar-refractivity contribution in [1.29, 1.82) is 0 Å². The Kier molecular flexibility index (Phi) is 4.58. The Hall–Kier alpha value is -0.570. The van der Waals surface area contributed by atoms with Crippen molar-refractivity contribution in [3.05, 3.63) is 0 Å². The Bertz CT molecular complexity index is 373. The highest BCUT2D eigenvalue weighted by molar-refractivity contribution is 5.85. The van der Waals surface area contributed by atoms with E-state index in [2.05, 4.69) is 31.0 Å². The molecule has 4 atom stereocenters. The minimum atomic E-state index is 0.0576. The molecule has 120 valence electrons. The van der Waals surface area contributed by atoms with Gasteiger partial charge >= 0.3 is 0 Å². The molecule has 3 nitrogen and oxygen atoms in total. The molecule has 0 spiro atoms. The smallest absolute Gasteiger partial charge is 0.241 e. The van der Waals surface area contributed by atoms with E-state index in [9.17, 15) is 4.79 Å². The molecular formula is C18H32N2O. The highest BCUT2D eigenvalue weighted by atomic mass is 16.2. The SMILES string of the molecule is CCC(C)C1NC(C2CCCC2)N(C(C)CC2CC2)C1=O. The van der Waals surface area contributed by atoms with Gasteiger partial charge in [0.2, 0.25) is 5.91 Å². The maximum atomic E-state index is 13.0. The first kappa shape index (κ1) is 15.3. The minimum absolute atomic E-state index is 0.0576. The second kappa shape index (κ2) is 6.28. The lowest BCUT2D eigenvalue weighted by atomic mass is 9.99. The van der Waals surface area contributed by atoms with Crippen LogP contribution in [0.2, 0.25) is 0 Å². The largest absolute Gasteiger partial charge is 0.323 e. The van der Waals surface area contributed by atoms with Crippen LogP contribution in [-0.2, 0) is 4.79 Å². The quantitative estimate of drug-likeness (QED) is 0.812. The Morgan fingerprint density at radius 1 is 1.19 bits per heavy atom. The fourth-order valence-electron chi connectivity index (χ4n) is 4.35. The van der Waals surface area contributed by atoms with Gasteiger partial charge in [-0.25, -0.2) is 0 Å². The van der Waals surface area contributed by atoms with Gasteiger partial charge in [0.15, 0.2) is 0 Å². The predicted octanol–water partition coefficient (Wildman–Crippen LogP) is 3.54. The van der Waals surface area contributed by atoms with Gasteiger partial charge in [-0.1, -0.05) is 46.0 Å². The summed E-state index contributed by atoms with van der Waals surface area (Å²) in [6.45, 7) is 6.69. The third-order valence-electron chi connectivity index (χ3n) is 6.08. The van der Waals surface area contributed by atoms with Crippen molar-refractivity contribution in [3.63, 3.8) is 0 Å². The van der Waals surface area contributed by atoms with Crippen molar-refractivity contribution in [1.82, 2.24) is 10.2 Å². The molecule has 0 bridgehead atoms. The highest BCUT2D eigenvalue weighted by Gasteiger charge is 2.47. The molecule has 3 fully saturated rings. The summed E-state index contributed by atoms with van der Waals surface area (Å²) < 4.78 is 0. The van der Waals surface area contributed by atoms with Gasteiger partial charge in [-0.3, -0.25) is 10.1 Å². The number of carbonyl (C=O) groups is 1. The van der Waals surface area contributed by atoms with E-state index in [1.165, 1.54) is 44.9 Å². The van der Waals surface area contributed by atoms with Gasteiger partial charge in [-0.05, 0) is 43.9 Å². The van der Waals surface area contributed by atoms with Crippen LogP contribution in [0.5, 0.6) is 0 Å². The fourth-order valence-corrected chi connectivity index (χ4v) is 4.35. The average molecular weight is 292 g/mol. The van der Waals surface area contributed by atoms with Crippen LogP contribution in [0.25, 0.3) is 0 Å². The van der Waals surface area contributed by atoms with E-state index in [-0.39, 0.29) is 6.04 Å². The standard InChI is InChI=1S/C18H32N2O/c1-4-12(2)16-18(21)20(13(3)11-14-9-10-14)17(19-16)15-7-5-6-8-15/h12-17,19H,4-11H2,1-3H3. The lowest BCUT2D eigenvalue weighted by molar-refractivity contribution is -0.133. The van der Waals surface area contributed by atoms with Crippen molar-refractivity contribution in [2.24, 2.45) is 17.8 Å². The molecule has 0 aromatic heterocycles. The third kappa shape index (κ3) is 3.13. The summed E-state index contributed by atoms with van der Waals surface area (Å²) in [5.41, 5.74) is 0. The van der Waals surface area contributed by atoms with Crippen molar-refractivity contribution < 1.29 is 4.79 Å². The molecule has 3 rings (SSSR count). The summed E-state index contributed by atoms with van der Waals surface area (Å²) in [4.78, 5) is 15.2. The normalized spacial score (nSPS) is 33.7. The molecule has 0 radical (unpaired) electrons. The molecule has 2 aliphatic carbocycles. The number of nitrogens with zero attached hydrogens (tertiary/aromatic N) is 1. The molecule has 1 saturated heterocycles. The molecule has 1 N–H and O–H groups in total. The van der Waals surface area contributed by atoms with Gasteiger partial charge in [0, 0.05) is 6.04 Å². The third-order valence-corrected chi connectivity index (χ3v) is 6.08. The van der Waals surface area contributed by atoms with E-state index in [4.69, 9.17) is 0 Å². The highest BCUT2D eigenvalue weighted by Crippen LogP contribution is 2.39. The minimum Gasteiger partial charge on any atom is -0.323 e. The summed E-state index contributed by atoms with van der Waals surface area (Å²) in [7, 11) is 0. The van der Waals surface area contributed by atoms with Gasteiger partial charge in [0.1, 0.15) is 0 Å². The van der Waals surface area contributed by atoms with E-state index in [0.717, 1.165) is 12.3 Å². The van der Waals surface area contributed by atoms with E-state index in [0.29, 0.717) is 30.0 Å². The Morgan fingerprint density at radius 2 is 1.86 bits per heavy atom. The van der Waals surface area contributed by atoms with E-state index in [1.807, 2.05) is 0 Å². The van der Waals surface area contributed by atoms with Crippen LogP contribution >= 0.6 is 0 Å². The van der Waals surface area contributed by atoms with Crippen molar-refractivity contribution in [2.75, 3.05) is 0 Å². The topological polar surface area (TPSA) is 32.3 Å². The zero-order valence-electron chi connectivity index (χ0n) is 14.0. The second-order valence-corrected chi connectivity index (χ2v) is 7.79. The van der Waals surface area contributed by atoms with E-state index in [1.54, 1.807) is 0 Å². The van der Waals surface area contributed by atoms with Crippen LogP contribution in [0.15, 0.2) is 0 Å². The van der Waals surface area contributed by atoms with Crippen LogP contribution in [0.3, 0.4) is 0 Å². The second-order valence-electron chi connectivity index (χ2n) is 7.79. The van der Waals surface area contributed by atoms with Crippen LogP contribution in [0, 0.1) is 17.8 Å². The Labute approximate surface area is 129 Å². The molecule has 1 amide bonds. The fraction of sp³-hybridized carbons (Fsp3) is 0.944. The van der Waals surface area contributed by atoms with Crippen LogP contribution in [0.1, 0.15) is 72.1 Å². The first-order chi connectivity index (χ1) is 10.1. The van der Waals surface area contributed by atoms with Crippen molar-refractivity contribution in [3.8, 4) is 0 Å². The summed E-state index contributed by atoms with van der Waals surface area (Å²) in [5.74, 6) is 2.40. The van der Waals surface area contributed by atoms with Crippen molar-refractivity contribution in [2.45, 2.75) is 90.4 Å². The van der Waals surface area contributed by atoms with Gasteiger partial charge in [0.05, 0.1) is 12.2 Å². The molecule has 1 aliphatic heterocycles. The maximum Gasteiger partial charge on any atom is 0.241 e. The van der Waals surface area contributed by atoms with E-state index < -0.39 is 0 Å². The molecule has 3 heteroatoms. The summed E-state index contributed by atoms with van der Waals surface area (Å²) in [6, 6.07) is 0.472. The zero-order chi connectivity index (χ0) is 15.0. The predicted molar refractivity (Wildman–Crippen MR) is 85.8 cm³/mol. The van der Waals surface area contributed by atoms with Crippen LogP contribution in [0.4, 0.5) is 0 Å². The zero-order valence-corrected chi connectivity index (χ0v) is 14.0. The van der Waals surface area contributed by atoms with Crippen LogP contribution in [-0.4, -0.2) is 29.1 Å². The van der Waals surface area contributed by atoms with Gasteiger partial charge < -0.3 is 4.90 Å². The van der Waals surface area contributed by atoms with Gasteiger partial charge in [0.25, 0.3) is 0 Å². The lowest BCUT2D eigenvalue weighted by Gasteiger charge is -2.34. The number of amides is 1. The van der Waals surface area contributed by atoms with Crippen LogP contribution < -0.4 is 5.32 Å². The first-order valence-corrected chi connectivity index (χ1v) is 9.20. The summed E-state index contributed by atoms with van der Waals surface area (Å²) in [6.07, 6.45) is 10.6. The number of nitrogens with one attached hydrogen (secondary N) is 1. The molecule has 0 aromatic rings. The Balaban J connectivity index is 1.75. The number of hydrogen-bond acceptors (Lipinski definition) is 2. The molecule has 1 heterocycles. The lowest BCUT2D eigenvalue weighted by Crippen LogP contribution is -2.47. The molecule has 2 saturated carbocycles. The molecule has 4 unspecified atom stereocenters. The maximum absolute atomic E-state index is 13.0. The monoisotopic (exact) mass is 292 g/mol. The van der Waals surface area contributed by atoms with E-state index >= 15 is 0 Å². The molecule has 21 heavy (non-hydrogen) atoms. The number of rotatable bonds is 6. The average Bonchev–Trinajstić information content (AvgIpc) is 3.00. The molecule has 3 aliphatic rings.